The zero-order valence-corrected chi connectivity index (χ0v) is 10.8. The van der Waals surface area contributed by atoms with Gasteiger partial charge in [0.25, 0.3) is 0 Å². The number of hydrogen-bond donors (Lipinski definition) is 4. The van der Waals surface area contributed by atoms with Gasteiger partial charge in [-0.05, 0) is 24.5 Å². The monoisotopic (exact) mass is 284 g/mol. The quantitative estimate of drug-likeness (QED) is 0.476. The highest BCUT2D eigenvalue weighted by Gasteiger charge is 2.12. The molecule has 0 fully saturated rings. The molecule has 0 bridgehead atoms. The maximum absolute atomic E-state index is 11.3. The van der Waals surface area contributed by atoms with Crippen molar-refractivity contribution >= 4 is 18.6 Å². The molecule has 0 saturated heterocycles. The van der Waals surface area contributed by atoms with E-state index in [-0.39, 0.29) is 6.16 Å². The predicted molar refractivity (Wildman–Crippen MR) is 70.4 cm³/mol. The van der Waals surface area contributed by atoms with E-state index in [1.807, 2.05) is 0 Å². The first-order valence-electron chi connectivity index (χ1n) is 5.65. The SMILES string of the molecule is O=c1[nH]c2cccc(CCCP(=O)(O)O)c2[nH]c1=O. The molecule has 1 heterocycles. The van der Waals surface area contributed by atoms with Gasteiger partial charge in [-0.3, -0.25) is 14.2 Å². The van der Waals surface area contributed by atoms with E-state index in [4.69, 9.17) is 9.79 Å². The Morgan fingerprint density at radius 2 is 1.79 bits per heavy atom. The van der Waals surface area contributed by atoms with Crippen LogP contribution in [0.25, 0.3) is 11.0 Å². The van der Waals surface area contributed by atoms with E-state index in [0.717, 1.165) is 5.56 Å². The molecule has 1 aromatic carbocycles. The number of aromatic nitrogens is 2. The first-order valence-corrected chi connectivity index (χ1v) is 7.45. The Morgan fingerprint density at radius 3 is 2.47 bits per heavy atom. The molecule has 0 aliphatic rings. The fraction of sp³-hybridized carbons (Fsp3) is 0.273. The van der Waals surface area contributed by atoms with Gasteiger partial charge in [-0.25, -0.2) is 0 Å². The Hall–Kier alpha value is -1.69. The average Bonchev–Trinajstić information content (AvgIpc) is 2.30. The lowest BCUT2D eigenvalue weighted by Crippen LogP contribution is -2.29. The van der Waals surface area contributed by atoms with Crippen molar-refractivity contribution in [2.75, 3.05) is 6.16 Å². The molecule has 2 rings (SSSR count). The van der Waals surface area contributed by atoms with Gasteiger partial charge >= 0.3 is 18.7 Å². The molecule has 0 unspecified atom stereocenters. The third-order valence-corrected chi connectivity index (χ3v) is 3.64. The van der Waals surface area contributed by atoms with E-state index in [1.165, 1.54) is 0 Å². The molecule has 0 spiro atoms. The maximum atomic E-state index is 11.3. The number of rotatable bonds is 4. The third kappa shape index (κ3) is 3.41. The Balaban J connectivity index is 2.33. The van der Waals surface area contributed by atoms with Crippen molar-refractivity contribution < 1.29 is 14.4 Å². The van der Waals surface area contributed by atoms with Crippen LogP contribution in [0.5, 0.6) is 0 Å². The molecule has 0 aliphatic heterocycles. The molecule has 102 valence electrons. The summed E-state index contributed by atoms with van der Waals surface area (Å²) in [5, 5.41) is 0. The highest BCUT2D eigenvalue weighted by atomic mass is 31.2. The number of aromatic amines is 2. The molecule has 8 heteroatoms. The van der Waals surface area contributed by atoms with E-state index in [0.29, 0.717) is 23.9 Å². The van der Waals surface area contributed by atoms with Crippen LogP contribution in [0.3, 0.4) is 0 Å². The first kappa shape index (κ1) is 13.7. The number of H-pyrrole nitrogens is 2. The Labute approximate surface area is 107 Å². The van der Waals surface area contributed by atoms with Gasteiger partial charge in [0.1, 0.15) is 0 Å². The summed E-state index contributed by atoms with van der Waals surface area (Å²) >= 11 is 0. The van der Waals surface area contributed by atoms with Crippen molar-refractivity contribution in [2.45, 2.75) is 12.8 Å². The second kappa shape index (κ2) is 5.13. The van der Waals surface area contributed by atoms with Gasteiger partial charge < -0.3 is 19.8 Å². The number of para-hydroxylation sites is 1. The summed E-state index contributed by atoms with van der Waals surface area (Å²) in [6.45, 7) is 0. The second-order valence-electron chi connectivity index (χ2n) is 4.24. The standard InChI is InChI=1S/C11H13N2O5P/c14-10-11(15)13-9-7(3-1-5-8(9)12-10)4-2-6-19(16,17)18/h1,3,5H,2,4,6H2,(H,12,14)(H,13,15)(H2,16,17,18). The van der Waals surface area contributed by atoms with Crippen molar-refractivity contribution in [2.24, 2.45) is 0 Å². The number of aryl methyl sites for hydroxylation is 1. The van der Waals surface area contributed by atoms with Crippen molar-refractivity contribution in [3.63, 3.8) is 0 Å². The van der Waals surface area contributed by atoms with Crippen molar-refractivity contribution in [3.8, 4) is 0 Å². The molecule has 19 heavy (non-hydrogen) atoms. The lowest BCUT2D eigenvalue weighted by Gasteiger charge is -2.06. The second-order valence-corrected chi connectivity index (χ2v) is 6.02. The molecular formula is C11H13N2O5P. The summed E-state index contributed by atoms with van der Waals surface area (Å²) in [6.07, 6.45) is 0.492. The van der Waals surface area contributed by atoms with Gasteiger partial charge in [0.05, 0.1) is 17.2 Å². The summed E-state index contributed by atoms with van der Waals surface area (Å²) in [4.78, 5) is 45.0. The Bertz CT molecular complexity index is 758. The normalized spacial score (nSPS) is 11.9. The van der Waals surface area contributed by atoms with E-state index in [9.17, 15) is 14.2 Å². The third-order valence-electron chi connectivity index (χ3n) is 2.74. The minimum atomic E-state index is -4.01. The van der Waals surface area contributed by atoms with Crippen LogP contribution in [0.2, 0.25) is 0 Å². The smallest absolute Gasteiger partial charge is 0.324 e. The summed E-state index contributed by atoms with van der Waals surface area (Å²) in [5.41, 5.74) is 0.269. The minimum absolute atomic E-state index is 0.211. The topological polar surface area (TPSA) is 123 Å². The zero-order valence-electron chi connectivity index (χ0n) is 9.92. The molecule has 1 aromatic heterocycles. The van der Waals surface area contributed by atoms with Gasteiger partial charge in [-0.1, -0.05) is 12.1 Å². The molecule has 0 atom stereocenters. The Morgan fingerprint density at radius 1 is 1.11 bits per heavy atom. The van der Waals surface area contributed by atoms with Crippen molar-refractivity contribution in [1.82, 2.24) is 9.97 Å². The molecule has 2 aromatic rings. The first-order chi connectivity index (χ1) is 8.87. The summed E-state index contributed by atoms with van der Waals surface area (Å²) in [6, 6.07) is 5.11. The van der Waals surface area contributed by atoms with Crippen LogP contribution < -0.4 is 11.1 Å². The molecule has 4 N–H and O–H groups in total. The molecule has 0 amide bonds. The number of benzene rings is 1. The minimum Gasteiger partial charge on any atom is -0.324 e. The molecule has 0 radical (unpaired) electrons. The molecule has 7 nitrogen and oxygen atoms in total. The molecular weight excluding hydrogens is 271 g/mol. The fourth-order valence-electron chi connectivity index (χ4n) is 1.89. The lowest BCUT2D eigenvalue weighted by molar-refractivity contribution is 0.371. The highest BCUT2D eigenvalue weighted by Crippen LogP contribution is 2.35. The summed E-state index contributed by atoms with van der Waals surface area (Å²) in [5.74, 6) is 0. The highest BCUT2D eigenvalue weighted by molar-refractivity contribution is 7.51. The van der Waals surface area contributed by atoms with Gasteiger partial charge in [0, 0.05) is 0 Å². The van der Waals surface area contributed by atoms with E-state index < -0.39 is 18.7 Å². The molecule has 0 aliphatic carbocycles. The van der Waals surface area contributed by atoms with Crippen molar-refractivity contribution in [1.29, 1.82) is 0 Å². The molecule has 0 saturated carbocycles. The summed E-state index contributed by atoms with van der Waals surface area (Å²) in [7, 11) is -4.01. The van der Waals surface area contributed by atoms with E-state index >= 15 is 0 Å². The average molecular weight is 284 g/mol. The van der Waals surface area contributed by atoms with Gasteiger partial charge in [0.2, 0.25) is 0 Å². The van der Waals surface area contributed by atoms with Crippen LogP contribution in [0.4, 0.5) is 0 Å². The Kier molecular flexibility index (Phi) is 3.71. The van der Waals surface area contributed by atoms with Crippen molar-refractivity contribution in [3.05, 3.63) is 44.5 Å². The van der Waals surface area contributed by atoms with E-state index in [2.05, 4.69) is 9.97 Å². The summed E-state index contributed by atoms with van der Waals surface area (Å²) < 4.78 is 10.8. The maximum Gasteiger partial charge on any atom is 0.325 e. The van der Waals surface area contributed by atoms with Crippen LogP contribution in [-0.4, -0.2) is 25.9 Å². The van der Waals surface area contributed by atoms with Crippen LogP contribution in [0.1, 0.15) is 12.0 Å². The van der Waals surface area contributed by atoms with Crippen LogP contribution in [0.15, 0.2) is 27.8 Å². The van der Waals surface area contributed by atoms with E-state index in [1.54, 1.807) is 18.2 Å². The number of fused-ring (bicyclic) bond motifs is 1. The van der Waals surface area contributed by atoms with Gasteiger partial charge in [0.15, 0.2) is 0 Å². The number of nitrogens with one attached hydrogen (secondary N) is 2. The van der Waals surface area contributed by atoms with Crippen LogP contribution >= 0.6 is 7.60 Å². The van der Waals surface area contributed by atoms with Gasteiger partial charge in [-0.2, -0.15) is 0 Å². The predicted octanol–water partition coefficient (Wildman–Crippen LogP) is 0.327. The fourth-order valence-corrected chi connectivity index (χ4v) is 2.46. The van der Waals surface area contributed by atoms with Gasteiger partial charge in [-0.15, -0.1) is 0 Å². The van der Waals surface area contributed by atoms with Crippen LogP contribution in [0, 0.1) is 0 Å². The number of hydrogen-bond acceptors (Lipinski definition) is 3. The van der Waals surface area contributed by atoms with Crippen LogP contribution in [-0.2, 0) is 11.0 Å². The lowest BCUT2D eigenvalue weighted by atomic mass is 10.1. The largest absolute Gasteiger partial charge is 0.325 e. The zero-order chi connectivity index (χ0) is 14.0.